The summed E-state index contributed by atoms with van der Waals surface area (Å²) in [6, 6.07) is 14.7. The van der Waals surface area contributed by atoms with E-state index in [1.165, 1.54) is 38.1 Å². The predicted octanol–water partition coefficient (Wildman–Crippen LogP) is 2.49. The molecule has 1 heterocycles. The maximum atomic E-state index is 12.6. The molecule has 2 amide bonds. The number of carbonyl (C=O) groups is 2. The largest absolute Gasteiger partial charge is 0.351 e. The van der Waals surface area contributed by atoms with Crippen molar-refractivity contribution < 1.29 is 18.0 Å². The molecule has 1 aromatic heterocycles. The average molecular weight is 484 g/mol. The number of nitrogens with one attached hydrogen (secondary N) is 3. The first kappa shape index (κ1) is 25.1. The van der Waals surface area contributed by atoms with Gasteiger partial charge in [0, 0.05) is 30.4 Å². The Morgan fingerprint density at radius 2 is 1.68 bits per heavy atom. The molecule has 34 heavy (non-hydrogen) atoms. The lowest BCUT2D eigenvalue weighted by Crippen LogP contribution is -2.44. The molecular weight excluding hydrogens is 454 g/mol. The molecule has 0 bridgehead atoms. The average Bonchev–Trinajstić information content (AvgIpc) is 3.04. The lowest BCUT2D eigenvalue weighted by atomic mass is 10.2. The molecule has 0 radical (unpaired) electrons. The summed E-state index contributed by atoms with van der Waals surface area (Å²) in [7, 11) is -3.92. The predicted molar refractivity (Wildman–Crippen MR) is 130 cm³/mol. The standard InChI is InChI=1S/C24H29N5O4S/c1-16-23(18(3)29(27-16)15-20-8-6-5-7-9-20)14-25-24(31)17(2)28-34(32,33)22-12-10-21(11-13-22)26-19(4)30/h5-13,17,28H,14-15H2,1-4H3,(H,25,31)(H,26,30)/t17-/m0/s1. The summed E-state index contributed by atoms with van der Waals surface area (Å²) in [6.45, 7) is 7.54. The molecule has 2 aromatic carbocycles. The Labute approximate surface area is 199 Å². The minimum absolute atomic E-state index is 0.00451. The van der Waals surface area contributed by atoms with Crippen LogP contribution in [-0.2, 0) is 32.7 Å². The number of hydrogen-bond donors (Lipinski definition) is 3. The van der Waals surface area contributed by atoms with Gasteiger partial charge in [0.2, 0.25) is 21.8 Å². The van der Waals surface area contributed by atoms with Crippen molar-refractivity contribution in [1.82, 2.24) is 19.8 Å². The van der Waals surface area contributed by atoms with Gasteiger partial charge >= 0.3 is 0 Å². The number of anilines is 1. The summed E-state index contributed by atoms with van der Waals surface area (Å²) in [6.07, 6.45) is 0. The molecular formula is C24H29N5O4S. The maximum Gasteiger partial charge on any atom is 0.241 e. The van der Waals surface area contributed by atoms with Gasteiger partial charge in [-0.25, -0.2) is 8.42 Å². The molecule has 0 aliphatic carbocycles. The second-order valence-corrected chi connectivity index (χ2v) is 9.77. The molecule has 10 heteroatoms. The van der Waals surface area contributed by atoms with Crippen molar-refractivity contribution in [2.75, 3.05) is 5.32 Å². The number of aryl methyl sites for hydroxylation is 1. The van der Waals surface area contributed by atoms with E-state index in [1.54, 1.807) is 0 Å². The third-order valence-corrected chi connectivity index (χ3v) is 6.91. The summed E-state index contributed by atoms with van der Waals surface area (Å²) in [5.41, 5.74) is 4.25. The van der Waals surface area contributed by atoms with Crippen molar-refractivity contribution in [2.24, 2.45) is 0 Å². The highest BCUT2D eigenvalue weighted by molar-refractivity contribution is 7.89. The number of hydrogen-bond acceptors (Lipinski definition) is 5. The van der Waals surface area contributed by atoms with Gasteiger partial charge in [-0.15, -0.1) is 0 Å². The quantitative estimate of drug-likeness (QED) is 0.432. The molecule has 180 valence electrons. The van der Waals surface area contributed by atoms with Crippen molar-refractivity contribution in [3.05, 3.63) is 77.1 Å². The van der Waals surface area contributed by atoms with Crippen molar-refractivity contribution in [3.8, 4) is 0 Å². The summed E-state index contributed by atoms with van der Waals surface area (Å²) in [4.78, 5) is 23.7. The molecule has 0 unspecified atom stereocenters. The molecule has 1 atom stereocenters. The van der Waals surface area contributed by atoms with E-state index in [1.807, 2.05) is 48.9 Å². The lowest BCUT2D eigenvalue weighted by molar-refractivity contribution is -0.122. The zero-order chi connectivity index (χ0) is 24.9. The third-order valence-electron chi connectivity index (χ3n) is 5.36. The molecule has 0 spiro atoms. The molecule has 0 aliphatic rings. The van der Waals surface area contributed by atoms with E-state index in [0.29, 0.717) is 12.2 Å². The molecule has 0 saturated heterocycles. The van der Waals surface area contributed by atoms with Crippen LogP contribution in [-0.4, -0.2) is 36.1 Å². The molecule has 9 nitrogen and oxygen atoms in total. The van der Waals surface area contributed by atoms with Crippen LogP contribution in [0.1, 0.15) is 36.4 Å². The van der Waals surface area contributed by atoms with Crippen molar-refractivity contribution in [3.63, 3.8) is 0 Å². The fraction of sp³-hybridized carbons (Fsp3) is 0.292. The van der Waals surface area contributed by atoms with Crippen molar-refractivity contribution >= 4 is 27.5 Å². The fourth-order valence-corrected chi connectivity index (χ4v) is 4.71. The van der Waals surface area contributed by atoms with Gasteiger partial charge in [-0.05, 0) is 50.6 Å². The molecule has 3 rings (SSSR count). The normalized spacial score (nSPS) is 12.2. The van der Waals surface area contributed by atoms with Gasteiger partial charge in [-0.3, -0.25) is 14.3 Å². The second kappa shape index (κ2) is 10.6. The highest BCUT2D eigenvalue weighted by Gasteiger charge is 2.23. The van der Waals surface area contributed by atoms with Gasteiger partial charge in [0.1, 0.15) is 0 Å². The van der Waals surface area contributed by atoms with Gasteiger partial charge in [-0.2, -0.15) is 9.82 Å². The minimum Gasteiger partial charge on any atom is -0.351 e. The van der Waals surface area contributed by atoms with Gasteiger partial charge in [0.15, 0.2) is 0 Å². The Morgan fingerprint density at radius 1 is 1.03 bits per heavy atom. The highest BCUT2D eigenvalue weighted by Crippen LogP contribution is 2.16. The van der Waals surface area contributed by atoms with Crippen LogP contribution < -0.4 is 15.4 Å². The highest BCUT2D eigenvalue weighted by atomic mass is 32.2. The first-order valence-electron chi connectivity index (χ1n) is 10.8. The number of nitrogens with zero attached hydrogens (tertiary/aromatic N) is 2. The second-order valence-electron chi connectivity index (χ2n) is 8.06. The maximum absolute atomic E-state index is 12.6. The van der Waals surface area contributed by atoms with Gasteiger partial charge in [0.25, 0.3) is 0 Å². The van der Waals surface area contributed by atoms with E-state index >= 15 is 0 Å². The molecule has 3 N–H and O–H groups in total. The van der Waals surface area contributed by atoms with Gasteiger partial charge < -0.3 is 10.6 Å². The van der Waals surface area contributed by atoms with E-state index < -0.39 is 22.0 Å². The van der Waals surface area contributed by atoms with Crippen LogP contribution in [0.5, 0.6) is 0 Å². The fourth-order valence-electron chi connectivity index (χ4n) is 3.50. The third kappa shape index (κ3) is 6.30. The Morgan fingerprint density at radius 3 is 2.29 bits per heavy atom. The van der Waals surface area contributed by atoms with Crippen LogP contribution in [0.15, 0.2) is 59.5 Å². The topological polar surface area (TPSA) is 122 Å². The molecule has 0 fully saturated rings. The number of amides is 2. The van der Waals surface area contributed by atoms with Crippen LogP contribution in [0.4, 0.5) is 5.69 Å². The van der Waals surface area contributed by atoms with Crippen LogP contribution in [0.2, 0.25) is 0 Å². The Kier molecular flexibility index (Phi) is 7.85. The molecule has 0 aliphatic heterocycles. The van der Waals surface area contributed by atoms with E-state index in [0.717, 1.165) is 22.5 Å². The Hall–Kier alpha value is -3.50. The SMILES string of the molecule is CC(=O)Nc1ccc(S(=O)(=O)N[C@@H](C)C(=O)NCc2c(C)nn(Cc3ccccc3)c2C)cc1. The number of carbonyl (C=O) groups excluding carboxylic acids is 2. The van der Waals surface area contributed by atoms with Crippen LogP contribution in [0, 0.1) is 13.8 Å². The number of aromatic nitrogens is 2. The monoisotopic (exact) mass is 483 g/mol. The first-order valence-corrected chi connectivity index (χ1v) is 12.3. The van der Waals surface area contributed by atoms with Crippen molar-refractivity contribution in [1.29, 1.82) is 0 Å². The summed E-state index contributed by atoms with van der Waals surface area (Å²) in [5, 5.41) is 9.95. The number of benzene rings is 2. The van der Waals surface area contributed by atoms with Crippen LogP contribution in [0.25, 0.3) is 0 Å². The number of sulfonamides is 1. The van der Waals surface area contributed by atoms with E-state index in [4.69, 9.17) is 0 Å². The summed E-state index contributed by atoms with van der Waals surface area (Å²) < 4.78 is 29.6. The lowest BCUT2D eigenvalue weighted by Gasteiger charge is -2.15. The van der Waals surface area contributed by atoms with Gasteiger partial charge in [-0.1, -0.05) is 30.3 Å². The smallest absolute Gasteiger partial charge is 0.241 e. The van der Waals surface area contributed by atoms with Crippen molar-refractivity contribution in [2.45, 2.75) is 51.7 Å². The molecule has 0 saturated carbocycles. The minimum atomic E-state index is -3.92. The summed E-state index contributed by atoms with van der Waals surface area (Å²) >= 11 is 0. The first-order chi connectivity index (χ1) is 16.1. The van der Waals surface area contributed by atoms with Gasteiger partial charge in [0.05, 0.1) is 23.2 Å². The number of rotatable bonds is 9. The van der Waals surface area contributed by atoms with E-state index in [9.17, 15) is 18.0 Å². The Bertz CT molecular complexity index is 1270. The van der Waals surface area contributed by atoms with Crippen LogP contribution >= 0.6 is 0 Å². The van der Waals surface area contributed by atoms with E-state index in [2.05, 4.69) is 20.5 Å². The van der Waals surface area contributed by atoms with Crippen LogP contribution in [0.3, 0.4) is 0 Å². The zero-order valence-corrected chi connectivity index (χ0v) is 20.4. The molecule has 3 aromatic rings. The van der Waals surface area contributed by atoms with E-state index in [-0.39, 0.29) is 17.3 Å². The zero-order valence-electron chi connectivity index (χ0n) is 19.6. The Balaban J connectivity index is 1.61. The summed E-state index contributed by atoms with van der Waals surface area (Å²) in [5.74, 6) is -0.705.